The van der Waals surface area contributed by atoms with Crippen LogP contribution in [0.25, 0.3) is 0 Å². The summed E-state index contributed by atoms with van der Waals surface area (Å²) in [4.78, 5) is 8.45. The highest BCUT2D eigenvalue weighted by molar-refractivity contribution is 5.07. The van der Waals surface area contributed by atoms with E-state index in [1.54, 1.807) is 0 Å². The number of piperidine rings is 1. The molecule has 0 N–H and O–H groups in total. The summed E-state index contributed by atoms with van der Waals surface area (Å²) >= 11 is 0. The Balaban J connectivity index is 1.28. The minimum atomic E-state index is 0.587. The molecule has 3 aliphatic carbocycles. The van der Waals surface area contributed by atoms with E-state index in [0.29, 0.717) is 11.0 Å². The van der Waals surface area contributed by atoms with Gasteiger partial charge in [-0.25, -0.2) is 0 Å². The molecule has 0 atom stereocenters. The van der Waals surface area contributed by atoms with Crippen LogP contribution in [0.2, 0.25) is 0 Å². The summed E-state index contributed by atoms with van der Waals surface area (Å²) in [6, 6.07) is 1.58. The smallest absolute Gasteiger partial charge is 0.0211 e. The van der Waals surface area contributed by atoms with Crippen LogP contribution in [0, 0.1) is 11.3 Å². The SMILES string of the molecule is CC(C)N1CCC(N2CCN(C34CCC(C(C)C)(CC3)CC4)CC2)CC1. The van der Waals surface area contributed by atoms with Crippen molar-refractivity contribution in [3.8, 4) is 0 Å². The monoisotopic (exact) mass is 361 g/mol. The third-order valence-corrected chi connectivity index (χ3v) is 9.22. The van der Waals surface area contributed by atoms with Gasteiger partial charge in [-0.1, -0.05) is 13.8 Å². The number of hydrogen-bond donors (Lipinski definition) is 0. The van der Waals surface area contributed by atoms with Crippen molar-refractivity contribution >= 4 is 0 Å². The fourth-order valence-corrected chi connectivity index (χ4v) is 6.86. The number of rotatable bonds is 4. The second-order valence-corrected chi connectivity index (χ2v) is 10.6. The predicted molar refractivity (Wildman–Crippen MR) is 111 cm³/mol. The van der Waals surface area contributed by atoms with Crippen LogP contribution in [-0.4, -0.2) is 71.6 Å². The molecule has 0 aromatic rings. The van der Waals surface area contributed by atoms with Crippen LogP contribution >= 0.6 is 0 Å². The van der Waals surface area contributed by atoms with Crippen molar-refractivity contribution in [2.45, 2.75) is 96.7 Å². The second kappa shape index (κ2) is 7.37. The molecule has 0 unspecified atom stereocenters. The normalized spacial score (nSPS) is 38.5. The molecule has 5 fully saturated rings. The van der Waals surface area contributed by atoms with E-state index in [1.807, 2.05) is 0 Å². The fraction of sp³-hybridized carbons (Fsp3) is 1.00. The Labute approximate surface area is 162 Å². The highest BCUT2D eigenvalue weighted by Gasteiger charge is 2.52. The van der Waals surface area contributed by atoms with Gasteiger partial charge in [-0.05, 0) is 89.6 Å². The van der Waals surface area contributed by atoms with Gasteiger partial charge < -0.3 is 4.90 Å². The van der Waals surface area contributed by atoms with Crippen LogP contribution in [0.4, 0.5) is 0 Å². The molecule has 3 heteroatoms. The summed E-state index contributed by atoms with van der Waals surface area (Å²) in [6.45, 7) is 17.6. The molecule has 0 spiro atoms. The molecule has 5 aliphatic rings. The van der Waals surface area contributed by atoms with E-state index in [1.165, 1.54) is 90.6 Å². The van der Waals surface area contributed by atoms with Crippen LogP contribution < -0.4 is 0 Å². The summed E-state index contributed by atoms with van der Waals surface area (Å²) in [5.41, 5.74) is 1.29. The van der Waals surface area contributed by atoms with Crippen molar-refractivity contribution < 1.29 is 0 Å². The van der Waals surface area contributed by atoms with Crippen molar-refractivity contribution in [1.82, 2.24) is 14.7 Å². The Kier molecular flexibility index (Phi) is 5.44. The Morgan fingerprint density at radius 1 is 0.692 bits per heavy atom. The fourth-order valence-electron chi connectivity index (χ4n) is 6.86. The minimum Gasteiger partial charge on any atom is -0.301 e. The Bertz CT molecular complexity index is 445. The number of hydrogen-bond acceptors (Lipinski definition) is 3. The lowest BCUT2D eigenvalue weighted by atomic mass is 9.53. The highest BCUT2D eigenvalue weighted by atomic mass is 15.3. The highest BCUT2D eigenvalue weighted by Crippen LogP contribution is 2.57. The molecule has 2 saturated heterocycles. The van der Waals surface area contributed by atoms with Gasteiger partial charge in [-0.3, -0.25) is 9.80 Å². The van der Waals surface area contributed by atoms with Crippen molar-refractivity contribution in [3.05, 3.63) is 0 Å². The summed E-state index contributed by atoms with van der Waals surface area (Å²) < 4.78 is 0. The quantitative estimate of drug-likeness (QED) is 0.742. The molecule has 3 saturated carbocycles. The molecule has 0 radical (unpaired) electrons. The first-order chi connectivity index (χ1) is 12.4. The van der Waals surface area contributed by atoms with Gasteiger partial charge in [0.1, 0.15) is 0 Å². The average Bonchev–Trinajstić information content (AvgIpc) is 2.69. The van der Waals surface area contributed by atoms with Gasteiger partial charge in [0, 0.05) is 43.8 Å². The summed E-state index contributed by atoms with van der Waals surface area (Å²) in [6.07, 6.45) is 11.7. The van der Waals surface area contributed by atoms with E-state index in [2.05, 4.69) is 42.4 Å². The van der Waals surface area contributed by atoms with Crippen molar-refractivity contribution in [3.63, 3.8) is 0 Å². The van der Waals surface area contributed by atoms with E-state index >= 15 is 0 Å². The number of piperazine rings is 1. The molecule has 150 valence electrons. The first kappa shape index (κ1) is 19.2. The Morgan fingerprint density at radius 2 is 1.23 bits per heavy atom. The predicted octanol–water partition coefficient (Wildman–Crippen LogP) is 4.23. The van der Waals surface area contributed by atoms with Gasteiger partial charge in [0.05, 0.1) is 0 Å². The van der Waals surface area contributed by atoms with E-state index in [-0.39, 0.29) is 0 Å². The maximum atomic E-state index is 2.94. The molecule has 3 nitrogen and oxygen atoms in total. The zero-order chi connectivity index (χ0) is 18.4. The Morgan fingerprint density at radius 3 is 1.69 bits per heavy atom. The third-order valence-electron chi connectivity index (χ3n) is 9.22. The molecule has 5 rings (SSSR count). The van der Waals surface area contributed by atoms with Crippen molar-refractivity contribution in [2.24, 2.45) is 11.3 Å². The van der Waals surface area contributed by atoms with Crippen LogP contribution in [0.15, 0.2) is 0 Å². The summed E-state index contributed by atoms with van der Waals surface area (Å²) in [5, 5.41) is 0. The van der Waals surface area contributed by atoms with Crippen LogP contribution in [0.3, 0.4) is 0 Å². The maximum absolute atomic E-state index is 2.94. The topological polar surface area (TPSA) is 9.72 Å². The average molecular weight is 362 g/mol. The van der Waals surface area contributed by atoms with Crippen LogP contribution in [-0.2, 0) is 0 Å². The van der Waals surface area contributed by atoms with Gasteiger partial charge in [-0.15, -0.1) is 0 Å². The summed E-state index contributed by atoms with van der Waals surface area (Å²) in [7, 11) is 0. The van der Waals surface area contributed by atoms with E-state index in [0.717, 1.165) is 18.0 Å². The van der Waals surface area contributed by atoms with E-state index < -0.39 is 0 Å². The molecular formula is C23H43N3. The molecular weight excluding hydrogens is 318 g/mol. The van der Waals surface area contributed by atoms with Gasteiger partial charge in [-0.2, -0.15) is 0 Å². The lowest BCUT2D eigenvalue weighted by Crippen LogP contribution is -2.63. The van der Waals surface area contributed by atoms with Gasteiger partial charge in [0.25, 0.3) is 0 Å². The lowest BCUT2D eigenvalue weighted by molar-refractivity contribution is -0.0912. The van der Waals surface area contributed by atoms with Crippen molar-refractivity contribution in [2.75, 3.05) is 39.3 Å². The number of likely N-dealkylation sites (tertiary alicyclic amines) is 1. The van der Waals surface area contributed by atoms with Crippen molar-refractivity contribution in [1.29, 1.82) is 0 Å². The third kappa shape index (κ3) is 3.37. The minimum absolute atomic E-state index is 0.587. The zero-order valence-electron chi connectivity index (χ0n) is 18.0. The maximum Gasteiger partial charge on any atom is 0.0211 e. The van der Waals surface area contributed by atoms with Crippen LogP contribution in [0.1, 0.15) is 79.1 Å². The molecule has 2 bridgehead atoms. The van der Waals surface area contributed by atoms with Gasteiger partial charge >= 0.3 is 0 Å². The molecule has 0 amide bonds. The first-order valence-electron chi connectivity index (χ1n) is 11.7. The Hall–Kier alpha value is -0.120. The van der Waals surface area contributed by atoms with Gasteiger partial charge in [0.15, 0.2) is 0 Å². The van der Waals surface area contributed by atoms with Crippen LogP contribution in [0.5, 0.6) is 0 Å². The first-order valence-corrected chi connectivity index (χ1v) is 11.7. The summed E-state index contributed by atoms with van der Waals surface area (Å²) in [5.74, 6) is 0.884. The second-order valence-electron chi connectivity index (χ2n) is 10.6. The molecule has 2 aliphatic heterocycles. The largest absolute Gasteiger partial charge is 0.301 e. The molecule has 26 heavy (non-hydrogen) atoms. The standard InChI is InChI=1S/C23H43N3/c1-19(2)22-7-10-23(11-8-22,12-9-22)26-17-15-25(16-18-26)21-5-13-24(14-6-21)20(3)4/h19-21H,5-18H2,1-4H3. The van der Waals surface area contributed by atoms with E-state index in [9.17, 15) is 0 Å². The molecule has 0 aromatic carbocycles. The van der Waals surface area contributed by atoms with Gasteiger partial charge in [0.2, 0.25) is 0 Å². The zero-order valence-corrected chi connectivity index (χ0v) is 18.0. The number of nitrogens with zero attached hydrogens (tertiary/aromatic N) is 3. The molecule has 2 heterocycles. The lowest BCUT2D eigenvalue weighted by Gasteiger charge is -2.60. The number of fused-ring (bicyclic) bond motifs is 3. The molecule has 0 aromatic heterocycles. The van der Waals surface area contributed by atoms with E-state index in [4.69, 9.17) is 0 Å².